The van der Waals surface area contributed by atoms with E-state index in [-0.39, 0.29) is 18.4 Å². The van der Waals surface area contributed by atoms with Crippen LogP contribution in [0.4, 0.5) is 11.4 Å². The fraction of sp³-hybridized carbons (Fsp3) is 0.241. The van der Waals surface area contributed by atoms with Crippen molar-refractivity contribution in [3.8, 4) is 11.5 Å². The number of carbonyl (C=O) groups excluding carboxylic acids is 2. The first-order valence-electron chi connectivity index (χ1n) is 12.0. The van der Waals surface area contributed by atoms with Crippen LogP contribution in [0.2, 0.25) is 0 Å². The molecule has 0 saturated carbocycles. The zero-order chi connectivity index (χ0) is 25.3. The lowest BCUT2D eigenvalue weighted by molar-refractivity contribution is -0.121. The minimum absolute atomic E-state index is 0.0273. The highest BCUT2D eigenvalue weighted by Crippen LogP contribution is 2.34. The van der Waals surface area contributed by atoms with Gasteiger partial charge in [0.25, 0.3) is 5.91 Å². The Morgan fingerprint density at radius 3 is 2.61 bits per heavy atom. The molecule has 0 unspecified atom stereocenters. The molecule has 3 aromatic carbocycles. The van der Waals surface area contributed by atoms with E-state index in [1.807, 2.05) is 68.7 Å². The molecule has 0 radical (unpaired) electrons. The van der Waals surface area contributed by atoms with E-state index < -0.39 is 0 Å². The van der Waals surface area contributed by atoms with Gasteiger partial charge in [0.05, 0.1) is 5.69 Å². The lowest BCUT2D eigenvalue weighted by Gasteiger charge is -2.30. The predicted molar refractivity (Wildman–Crippen MR) is 142 cm³/mol. The summed E-state index contributed by atoms with van der Waals surface area (Å²) in [6, 6.07) is 22.9. The molecule has 1 aliphatic heterocycles. The number of rotatable bonds is 10. The summed E-state index contributed by atoms with van der Waals surface area (Å²) in [4.78, 5) is 28.8. The van der Waals surface area contributed by atoms with E-state index in [9.17, 15) is 9.59 Å². The van der Waals surface area contributed by atoms with Crippen molar-refractivity contribution >= 4 is 29.3 Å². The molecule has 7 nitrogen and oxygen atoms in total. The van der Waals surface area contributed by atoms with E-state index in [2.05, 4.69) is 10.2 Å². The van der Waals surface area contributed by atoms with Gasteiger partial charge in [-0.05, 0) is 74.6 Å². The van der Waals surface area contributed by atoms with Gasteiger partial charge < -0.3 is 24.6 Å². The van der Waals surface area contributed by atoms with Crippen LogP contribution in [0, 0.1) is 0 Å². The van der Waals surface area contributed by atoms with Crippen molar-refractivity contribution in [3.63, 3.8) is 0 Å². The highest BCUT2D eigenvalue weighted by atomic mass is 16.5. The van der Waals surface area contributed by atoms with Crippen molar-refractivity contribution in [2.24, 2.45) is 0 Å². The highest BCUT2D eigenvalue weighted by Gasteiger charge is 2.25. The summed E-state index contributed by atoms with van der Waals surface area (Å²) in [5, 5.41) is 2.87. The molecule has 1 heterocycles. The Kier molecular flexibility index (Phi) is 8.36. The molecule has 186 valence electrons. The maximum Gasteiger partial charge on any atom is 0.265 e. The fourth-order valence-electron chi connectivity index (χ4n) is 3.84. The van der Waals surface area contributed by atoms with Crippen molar-refractivity contribution < 1.29 is 19.1 Å². The number of ether oxygens (including phenoxy) is 2. The molecular formula is C29H31N3O4. The Balaban J connectivity index is 1.34. The summed E-state index contributed by atoms with van der Waals surface area (Å²) in [6.45, 7) is 2.00. The quantitative estimate of drug-likeness (QED) is 0.425. The van der Waals surface area contributed by atoms with E-state index in [1.54, 1.807) is 29.2 Å². The third-order valence-corrected chi connectivity index (χ3v) is 5.71. The number of benzene rings is 3. The van der Waals surface area contributed by atoms with Crippen LogP contribution in [0.25, 0.3) is 6.08 Å². The molecule has 0 aliphatic carbocycles. The van der Waals surface area contributed by atoms with Crippen molar-refractivity contribution in [2.75, 3.05) is 44.0 Å². The van der Waals surface area contributed by atoms with Gasteiger partial charge in [0, 0.05) is 18.3 Å². The van der Waals surface area contributed by atoms with Crippen LogP contribution in [-0.4, -0.2) is 50.5 Å². The van der Waals surface area contributed by atoms with E-state index in [4.69, 9.17) is 9.47 Å². The molecule has 7 heteroatoms. The van der Waals surface area contributed by atoms with Gasteiger partial charge in [-0.15, -0.1) is 0 Å². The Hall–Kier alpha value is -4.10. The first-order chi connectivity index (χ1) is 17.5. The zero-order valence-electron chi connectivity index (χ0n) is 20.6. The Morgan fingerprint density at radius 2 is 1.86 bits per heavy atom. The minimum Gasteiger partial charge on any atom is -0.489 e. The van der Waals surface area contributed by atoms with Gasteiger partial charge in [0.2, 0.25) is 5.91 Å². The first-order valence-corrected chi connectivity index (χ1v) is 12.0. The van der Waals surface area contributed by atoms with E-state index >= 15 is 0 Å². The molecule has 0 spiro atoms. The highest BCUT2D eigenvalue weighted by molar-refractivity contribution is 6.03. The summed E-state index contributed by atoms with van der Waals surface area (Å²) < 4.78 is 11.4. The standard InChI is InChI=1S/C29H31N3O4/c1-31(2)17-6-18-32-26-19-24(12-15-27(26)36-21-29(32)34)30-28(33)16-11-22-9-13-25(14-10-22)35-20-23-7-4-3-5-8-23/h3-5,7-16,19H,6,17-18,20-21H2,1-2H3,(H,30,33)/b16-11+. The van der Waals surface area contributed by atoms with E-state index in [1.165, 1.54) is 6.08 Å². The Labute approximate surface area is 211 Å². The van der Waals surface area contributed by atoms with Crippen molar-refractivity contribution in [1.29, 1.82) is 0 Å². The lowest BCUT2D eigenvalue weighted by atomic mass is 10.2. The molecule has 4 rings (SSSR count). The number of hydrogen-bond donors (Lipinski definition) is 1. The maximum atomic E-state index is 12.5. The van der Waals surface area contributed by atoms with E-state index in [0.717, 1.165) is 29.8 Å². The second kappa shape index (κ2) is 12.0. The molecule has 3 aromatic rings. The summed E-state index contributed by atoms with van der Waals surface area (Å²) in [5.41, 5.74) is 3.27. The number of carbonyl (C=O) groups is 2. The van der Waals surface area contributed by atoms with Gasteiger partial charge in [-0.25, -0.2) is 0 Å². The average Bonchev–Trinajstić information content (AvgIpc) is 2.88. The van der Waals surface area contributed by atoms with Crippen LogP contribution in [0.5, 0.6) is 11.5 Å². The average molecular weight is 486 g/mol. The van der Waals surface area contributed by atoms with Gasteiger partial charge in [-0.2, -0.15) is 0 Å². The van der Waals surface area contributed by atoms with Gasteiger partial charge in [-0.3, -0.25) is 9.59 Å². The fourth-order valence-corrected chi connectivity index (χ4v) is 3.84. The monoisotopic (exact) mass is 485 g/mol. The molecule has 1 N–H and O–H groups in total. The van der Waals surface area contributed by atoms with Crippen molar-refractivity contribution in [1.82, 2.24) is 4.90 Å². The second-order valence-electron chi connectivity index (χ2n) is 8.84. The number of amides is 2. The summed E-state index contributed by atoms with van der Waals surface area (Å²) in [7, 11) is 4.01. The van der Waals surface area contributed by atoms with Crippen molar-refractivity contribution in [3.05, 3.63) is 90.0 Å². The van der Waals surface area contributed by atoms with Gasteiger partial charge in [-0.1, -0.05) is 42.5 Å². The molecule has 0 aromatic heterocycles. The molecule has 36 heavy (non-hydrogen) atoms. The number of anilines is 2. The molecule has 0 saturated heterocycles. The minimum atomic E-state index is -0.262. The SMILES string of the molecule is CN(C)CCCN1C(=O)COc2ccc(NC(=O)/C=C/c3ccc(OCc4ccccc4)cc3)cc21. The van der Waals surface area contributed by atoms with Crippen LogP contribution in [0.15, 0.2) is 78.9 Å². The van der Waals surface area contributed by atoms with Crippen LogP contribution in [0.1, 0.15) is 17.5 Å². The molecule has 1 aliphatic rings. The largest absolute Gasteiger partial charge is 0.489 e. The van der Waals surface area contributed by atoms with Crippen LogP contribution >= 0.6 is 0 Å². The maximum absolute atomic E-state index is 12.5. The van der Waals surface area contributed by atoms with Gasteiger partial charge in [0.1, 0.15) is 18.1 Å². The second-order valence-corrected chi connectivity index (χ2v) is 8.84. The molecule has 0 atom stereocenters. The van der Waals surface area contributed by atoms with Crippen LogP contribution in [0.3, 0.4) is 0 Å². The normalized spacial score (nSPS) is 13.0. The Morgan fingerprint density at radius 1 is 1.08 bits per heavy atom. The molecule has 0 fully saturated rings. The first kappa shape index (κ1) is 25.0. The summed E-state index contributed by atoms with van der Waals surface area (Å²) in [6.07, 6.45) is 4.07. The third kappa shape index (κ3) is 6.96. The van der Waals surface area contributed by atoms with Gasteiger partial charge in [0.15, 0.2) is 6.61 Å². The Bertz CT molecular complexity index is 1210. The number of hydrogen-bond acceptors (Lipinski definition) is 5. The topological polar surface area (TPSA) is 71.1 Å². The van der Waals surface area contributed by atoms with Crippen LogP contribution in [-0.2, 0) is 16.2 Å². The number of nitrogens with one attached hydrogen (secondary N) is 1. The number of nitrogens with zero attached hydrogens (tertiary/aromatic N) is 2. The zero-order valence-corrected chi connectivity index (χ0v) is 20.6. The lowest BCUT2D eigenvalue weighted by Crippen LogP contribution is -2.40. The van der Waals surface area contributed by atoms with Gasteiger partial charge >= 0.3 is 0 Å². The van der Waals surface area contributed by atoms with E-state index in [0.29, 0.717) is 30.3 Å². The predicted octanol–water partition coefficient (Wildman–Crippen LogP) is 4.59. The van der Waals surface area contributed by atoms with Crippen molar-refractivity contribution in [2.45, 2.75) is 13.0 Å². The number of fused-ring (bicyclic) bond motifs is 1. The molecule has 0 bridgehead atoms. The molecular weight excluding hydrogens is 454 g/mol. The smallest absolute Gasteiger partial charge is 0.265 e. The summed E-state index contributed by atoms with van der Waals surface area (Å²) in [5.74, 6) is 1.06. The summed E-state index contributed by atoms with van der Waals surface area (Å²) >= 11 is 0. The molecule has 2 amide bonds. The third-order valence-electron chi connectivity index (χ3n) is 5.71. The van der Waals surface area contributed by atoms with Crippen LogP contribution < -0.4 is 19.7 Å².